The molecule has 1 aromatic rings. The Morgan fingerprint density at radius 3 is 2.82 bits per heavy atom. The average Bonchev–Trinajstić information content (AvgIpc) is 2.42. The van der Waals surface area contributed by atoms with Crippen LogP contribution in [0.4, 0.5) is 0 Å². The van der Waals surface area contributed by atoms with Crippen LogP contribution in [-0.4, -0.2) is 44.3 Å². The van der Waals surface area contributed by atoms with Gasteiger partial charge in [-0.1, -0.05) is 6.07 Å². The molecule has 1 aliphatic heterocycles. The van der Waals surface area contributed by atoms with E-state index < -0.39 is 0 Å². The third kappa shape index (κ3) is 4.37. The van der Waals surface area contributed by atoms with Gasteiger partial charge in [-0.3, -0.25) is 0 Å². The second-order valence-corrected chi connectivity index (χ2v) is 6.83. The first-order valence-corrected chi connectivity index (χ1v) is 8.26. The first-order chi connectivity index (χ1) is 10.4. The third-order valence-electron chi connectivity index (χ3n) is 3.93. The van der Waals surface area contributed by atoms with Gasteiger partial charge in [0.15, 0.2) is 0 Å². The SMILES string of the molecule is CCOc1cccc2c1C(NCCCN(C)C)CC(C)(C)O2. The molecule has 1 atom stereocenters. The summed E-state index contributed by atoms with van der Waals surface area (Å²) in [6, 6.07) is 6.38. The Balaban J connectivity index is 2.15. The van der Waals surface area contributed by atoms with Crippen molar-refractivity contribution in [2.45, 2.75) is 45.3 Å². The van der Waals surface area contributed by atoms with Crippen molar-refractivity contribution in [3.05, 3.63) is 23.8 Å². The Labute approximate surface area is 134 Å². The predicted molar refractivity (Wildman–Crippen MR) is 90.8 cm³/mol. The summed E-state index contributed by atoms with van der Waals surface area (Å²) in [5.41, 5.74) is 1.02. The summed E-state index contributed by atoms with van der Waals surface area (Å²) in [6.45, 7) is 9.09. The monoisotopic (exact) mass is 306 g/mol. The van der Waals surface area contributed by atoms with E-state index in [9.17, 15) is 0 Å². The molecule has 22 heavy (non-hydrogen) atoms. The predicted octanol–water partition coefficient (Wildman–Crippen LogP) is 3.23. The van der Waals surface area contributed by atoms with Crippen LogP contribution in [0.2, 0.25) is 0 Å². The molecule has 1 N–H and O–H groups in total. The van der Waals surface area contributed by atoms with E-state index >= 15 is 0 Å². The van der Waals surface area contributed by atoms with E-state index in [1.165, 1.54) is 5.56 Å². The lowest BCUT2D eigenvalue weighted by Crippen LogP contribution is -2.40. The Morgan fingerprint density at radius 1 is 1.36 bits per heavy atom. The molecule has 4 nitrogen and oxygen atoms in total. The molecule has 1 unspecified atom stereocenters. The van der Waals surface area contributed by atoms with E-state index in [1.54, 1.807) is 0 Å². The van der Waals surface area contributed by atoms with Crippen molar-refractivity contribution >= 4 is 0 Å². The fourth-order valence-electron chi connectivity index (χ4n) is 3.02. The van der Waals surface area contributed by atoms with Crippen molar-refractivity contribution in [1.29, 1.82) is 0 Å². The van der Waals surface area contributed by atoms with E-state index in [0.717, 1.165) is 37.4 Å². The lowest BCUT2D eigenvalue weighted by molar-refractivity contribution is 0.0644. The van der Waals surface area contributed by atoms with E-state index in [0.29, 0.717) is 6.61 Å². The Kier molecular flexibility index (Phi) is 5.70. The fourth-order valence-corrected chi connectivity index (χ4v) is 3.02. The first kappa shape index (κ1) is 17.1. The molecule has 0 fully saturated rings. The van der Waals surface area contributed by atoms with E-state index in [-0.39, 0.29) is 11.6 Å². The van der Waals surface area contributed by atoms with Crippen LogP contribution >= 0.6 is 0 Å². The number of rotatable bonds is 7. The highest BCUT2D eigenvalue weighted by molar-refractivity contribution is 5.48. The molecule has 0 amide bonds. The molecule has 1 heterocycles. The Bertz CT molecular complexity index is 486. The summed E-state index contributed by atoms with van der Waals surface area (Å²) in [6.07, 6.45) is 2.09. The van der Waals surface area contributed by atoms with Gasteiger partial charge in [-0.05, 0) is 66.5 Å². The normalized spacial score (nSPS) is 19.6. The van der Waals surface area contributed by atoms with Crippen molar-refractivity contribution < 1.29 is 9.47 Å². The highest BCUT2D eigenvalue weighted by Crippen LogP contribution is 2.44. The van der Waals surface area contributed by atoms with Crippen LogP contribution in [0.25, 0.3) is 0 Å². The number of fused-ring (bicyclic) bond motifs is 1. The maximum absolute atomic E-state index is 6.15. The number of ether oxygens (including phenoxy) is 2. The van der Waals surface area contributed by atoms with Gasteiger partial charge in [-0.25, -0.2) is 0 Å². The standard InChI is InChI=1S/C18H30N2O2/c1-6-21-15-9-7-10-16-17(15)14(13-18(2,3)22-16)19-11-8-12-20(4)5/h7,9-10,14,19H,6,8,11-13H2,1-5H3. The van der Waals surface area contributed by atoms with Gasteiger partial charge in [-0.2, -0.15) is 0 Å². The lowest BCUT2D eigenvalue weighted by atomic mass is 9.89. The zero-order valence-corrected chi connectivity index (χ0v) is 14.6. The van der Waals surface area contributed by atoms with Crippen molar-refractivity contribution in [3.8, 4) is 11.5 Å². The zero-order valence-electron chi connectivity index (χ0n) is 14.6. The molecule has 1 aromatic carbocycles. The molecule has 2 rings (SSSR count). The van der Waals surface area contributed by atoms with Gasteiger partial charge in [0.05, 0.1) is 12.2 Å². The highest BCUT2D eigenvalue weighted by atomic mass is 16.5. The number of hydrogen-bond acceptors (Lipinski definition) is 4. The maximum Gasteiger partial charge on any atom is 0.128 e. The van der Waals surface area contributed by atoms with Crippen LogP contribution < -0.4 is 14.8 Å². The minimum absolute atomic E-state index is 0.156. The van der Waals surface area contributed by atoms with Gasteiger partial charge < -0.3 is 19.7 Å². The molecule has 0 aliphatic carbocycles. The van der Waals surface area contributed by atoms with Gasteiger partial charge in [0.2, 0.25) is 0 Å². The van der Waals surface area contributed by atoms with Gasteiger partial charge in [0.25, 0.3) is 0 Å². The molecule has 0 bridgehead atoms. The van der Waals surface area contributed by atoms with Crippen molar-refractivity contribution in [2.24, 2.45) is 0 Å². The van der Waals surface area contributed by atoms with Crippen molar-refractivity contribution in [3.63, 3.8) is 0 Å². The number of nitrogens with one attached hydrogen (secondary N) is 1. The fraction of sp³-hybridized carbons (Fsp3) is 0.667. The quantitative estimate of drug-likeness (QED) is 0.784. The van der Waals surface area contributed by atoms with E-state index in [4.69, 9.17) is 9.47 Å². The van der Waals surface area contributed by atoms with Gasteiger partial charge in [0, 0.05) is 12.5 Å². The Morgan fingerprint density at radius 2 is 2.14 bits per heavy atom. The second-order valence-electron chi connectivity index (χ2n) is 6.83. The molecule has 0 aromatic heterocycles. The Hall–Kier alpha value is -1.26. The summed E-state index contributed by atoms with van der Waals surface area (Å²) < 4.78 is 12.0. The molecule has 0 spiro atoms. The molecule has 0 radical (unpaired) electrons. The lowest BCUT2D eigenvalue weighted by Gasteiger charge is -2.38. The van der Waals surface area contributed by atoms with Crippen LogP contribution in [0, 0.1) is 0 Å². The topological polar surface area (TPSA) is 33.7 Å². The van der Waals surface area contributed by atoms with Crippen LogP contribution in [0.15, 0.2) is 18.2 Å². The molecule has 0 saturated heterocycles. The largest absolute Gasteiger partial charge is 0.493 e. The number of benzene rings is 1. The number of nitrogens with zero attached hydrogens (tertiary/aromatic N) is 1. The minimum atomic E-state index is -0.156. The molecule has 4 heteroatoms. The first-order valence-electron chi connectivity index (χ1n) is 8.26. The van der Waals surface area contributed by atoms with Crippen LogP contribution in [0.5, 0.6) is 11.5 Å². The van der Waals surface area contributed by atoms with E-state index in [1.807, 2.05) is 25.1 Å². The third-order valence-corrected chi connectivity index (χ3v) is 3.93. The molecule has 0 saturated carbocycles. The maximum atomic E-state index is 6.15. The minimum Gasteiger partial charge on any atom is -0.493 e. The smallest absolute Gasteiger partial charge is 0.128 e. The molecular weight excluding hydrogens is 276 g/mol. The van der Waals surface area contributed by atoms with Gasteiger partial charge in [0.1, 0.15) is 17.1 Å². The summed E-state index contributed by atoms with van der Waals surface area (Å²) in [4.78, 5) is 2.22. The molecule has 1 aliphatic rings. The molecule has 124 valence electrons. The zero-order chi connectivity index (χ0) is 16.2. The highest BCUT2D eigenvalue weighted by Gasteiger charge is 2.35. The van der Waals surface area contributed by atoms with Crippen molar-refractivity contribution in [2.75, 3.05) is 33.8 Å². The second kappa shape index (κ2) is 7.34. The van der Waals surface area contributed by atoms with Crippen LogP contribution in [0.1, 0.15) is 45.2 Å². The van der Waals surface area contributed by atoms with Crippen LogP contribution in [0.3, 0.4) is 0 Å². The average molecular weight is 306 g/mol. The summed E-state index contributed by atoms with van der Waals surface area (Å²) in [7, 11) is 4.22. The summed E-state index contributed by atoms with van der Waals surface area (Å²) >= 11 is 0. The summed E-state index contributed by atoms with van der Waals surface area (Å²) in [5.74, 6) is 1.90. The summed E-state index contributed by atoms with van der Waals surface area (Å²) in [5, 5.41) is 3.70. The van der Waals surface area contributed by atoms with E-state index in [2.05, 4.69) is 38.2 Å². The number of hydrogen-bond donors (Lipinski definition) is 1. The molecular formula is C18H30N2O2. The van der Waals surface area contributed by atoms with Crippen molar-refractivity contribution in [1.82, 2.24) is 10.2 Å². The van der Waals surface area contributed by atoms with Gasteiger partial charge >= 0.3 is 0 Å². The van der Waals surface area contributed by atoms with Crippen LogP contribution in [-0.2, 0) is 0 Å². The van der Waals surface area contributed by atoms with Gasteiger partial charge in [-0.15, -0.1) is 0 Å².